The molecular weight excluding hydrogens is 274 g/mol. The highest BCUT2D eigenvalue weighted by Gasteiger charge is 2.13. The Morgan fingerprint density at radius 3 is 2.86 bits per heavy atom. The Morgan fingerprint density at radius 1 is 1.33 bits per heavy atom. The van der Waals surface area contributed by atoms with Crippen LogP contribution in [0.2, 0.25) is 0 Å². The summed E-state index contributed by atoms with van der Waals surface area (Å²) in [5.74, 6) is -0.352. The first-order chi connectivity index (χ1) is 10.1. The van der Waals surface area contributed by atoms with Gasteiger partial charge in [0.05, 0.1) is 11.8 Å². The fourth-order valence-corrected chi connectivity index (χ4v) is 1.82. The normalized spacial score (nSPS) is 10.1. The molecule has 2 aromatic rings. The SMILES string of the molecule is CCc1occc1C(=O)Nc1cccc(OCC(=O)O)c1. The number of ether oxygens (including phenoxy) is 1. The van der Waals surface area contributed by atoms with Gasteiger partial charge in [-0.1, -0.05) is 13.0 Å². The zero-order chi connectivity index (χ0) is 15.2. The highest BCUT2D eigenvalue weighted by Crippen LogP contribution is 2.19. The molecule has 0 aliphatic rings. The fourth-order valence-electron chi connectivity index (χ4n) is 1.82. The molecule has 21 heavy (non-hydrogen) atoms. The molecule has 6 heteroatoms. The molecule has 2 rings (SSSR count). The zero-order valence-corrected chi connectivity index (χ0v) is 11.5. The van der Waals surface area contributed by atoms with Crippen LogP contribution in [0.5, 0.6) is 5.75 Å². The number of anilines is 1. The first-order valence-corrected chi connectivity index (χ1v) is 6.42. The van der Waals surface area contributed by atoms with E-state index in [-0.39, 0.29) is 5.91 Å². The number of furan rings is 1. The molecule has 0 unspecified atom stereocenters. The highest BCUT2D eigenvalue weighted by molar-refractivity contribution is 6.05. The number of carbonyl (C=O) groups excluding carboxylic acids is 1. The van der Waals surface area contributed by atoms with Crippen molar-refractivity contribution in [2.45, 2.75) is 13.3 Å². The van der Waals surface area contributed by atoms with Crippen LogP contribution in [0.1, 0.15) is 23.0 Å². The predicted molar refractivity (Wildman–Crippen MR) is 75.6 cm³/mol. The van der Waals surface area contributed by atoms with Crippen molar-refractivity contribution >= 4 is 17.6 Å². The molecule has 0 atom stereocenters. The van der Waals surface area contributed by atoms with E-state index in [1.54, 1.807) is 30.3 Å². The largest absolute Gasteiger partial charge is 0.482 e. The Balaban J connectivity index is 2.07. The smallest absolute Gasteiger partial charge is 0.341 e. The van der Waals surface area contributed by atoms with Gasteiger partial charge in [-0.3, -0.25) is 4.79 Å². The Kier molecular flexibility index (Phi) is 4.61. The van der Waals surface area contributed by atoms with Gasteiger partial charge in [-0.25, -0.2) is 4.79 Å². The van der Waals surface area contributed by atoms with Gasteiger partial charge in [-0.2, -0.15) is 0 Å². The summed E-state index contributed by atoms with van der Waals surface area (Å²) in [6.45, 7) is 1.47. The fraction of sp³-hybridized carbons (Fsp3) is 0.200. The molecule has 110 valence electrons. The summed E-state index contributed by atoms with van der Waals surface area (Å²) in [6, 6.07) is 8.15. The summed E-state index contributed by atoms with van der Waals surface area (Å²) in [5.41, 5.74) is 1.00. The van der Waals surface area contributed by atoms with Crippen molar-refractivity contribution in [1.82, 2.24) is 0 Å². The monoisotopic (exact) mass is 289 g/mol. The van der Waals surface area contributed by atoms with E-state index in [4.69, 9.17) is 14.3 Å². The van der Waals surface area contributed by atoms with Crippen LogP contribution in [0.25, 0.3) is 0 Å². The Hall–Kier alpha value is -2.76. The first kappa shape index (κ1) is 14.6. The van der Waals surface area contributed by atoms with Crippen LogP contribution in [0.3, 0.4) is 0 Å². The van der Waals surface area contributed by atoms with Gasteiger partial charge < -0.3 is 19.6 Å². The van der Waals surface area contributed by atoms with Crippen molar-refractivity contribution in [3.05, 3.63) is 47.9 Å². The number of nitrogens with one attached hydrogen (secondary N) is 1. The van der Waals surface area contributed by atoms with Crippen LogP contribution < -0.4 is 10.1 Å². The number of amides is 1. The molecule has 2 N–H and O–H groups in total. The molecule has 0 fully saturated rings. The van der Waals surface area contributed by atoms with Gasteiger partial charge >= 0.3 is 5.97 Å². The summed E-state index contributed by atoms with van der Waals surface area (Å²) in [5, 5.41) is 11.3. The number of benzene rings is 1. The second-order valence-corrected chi connectivity index (χ2v) is 4.28. The Bertz CT molecular complexity index is 647. The third-order valence-corrected chi connectivity index (χ3v) is 2.77. The van der Waals surface area contributed by atoms with Crippen LogP contribution >= 0.6 is 0 Å². The van der Waals surface area contributed by atoms with E-state index >= 15 is 0 Å². The van der Waals surface area contributed by atoms with Crippen LogP contribution in [0, 0.1) is 0 Å². The second-order valence-electron chi connectivity index (χ2n) is 4.28. The minimum absolute atomic E-state index is 0.281. The van der Waals surface area contributed by atoms with E-state index in [0.717, 1.165) is 0 Å². The van der Waals surface area contributed by atoms with Crippen molar-refractivity contribution in [3.63, 3.8) is 0 Å². The van der Waals surface area contributed by atoms with Crippen molar-refractivity contribution in [3.8, 4) is 5.75 Å². The minimum Gasteiger partial charge on any atom is -0.482 e. The number of hydrogen-bond donors (Lipinski definition) is 2. The molecule has 1 heterocycles. The summed E-state index contributed by atoms with van der Waals surface area (Å²) in [6.07, 6.45) is 2.09. The Labute approximate surface area is 121 Å². The maximum atomic E-state index is 12.1. The van der Waals surface area contributed by atoms with E-state index in [2.05, 4.69) is 5.32 Å². The molecule has 1 aromatic carbocycles. The number of rotatable bonds is 6. The average Bonchev–Trinajstić information content (AvgIpc) is 2.94. The summed E-state index contributed by atoms with van der Waals surface area (Å²) >= 11 is 0. The number of aliphatic carboxylic acids is 1. The maximum Gasteiger partial charge on any atom is 0.341 e. The third kappa shape index (κ3) is 3.85. The van der Waals surface area contributed by atoms with E-state index in [1.807, 2.05) is 6.92 Å². The molecule has 0 saturated heterocycles. The van der Waals surface area contributed by atoms with E-state index in [0.29, 0.717) is 29.2 Å². The third-order valence-electron chi connectivity index (χ3n) is 2.77. The minimum atomic E-state index is -1.06. The topological polar surface area (TPSA) is 88.8 Å². The zero-order valence-electron chi connectivity index (χ0n) is 11.5. The van der Waals surface area contributed by atoms with Gasteiger partial charge in [0.15, 0.2) is 6.61 Å². The van der Waals surface area contributed by atoms with Gasteiger partial charge in [0.25, 0.3) is 5.91 Å². The van der Waals surface area contributed by atoms with Gasteiger partial charge in [-0.15, -0.1) is 0 Å². The van der Waals surface area contributed by atoms with Gasteiger partial charge in [0.1, 0.15) is 11.5 Å². The van der Waals surface area contributed by atoms with Gasteiger partial charge in [-0.05, 0) is 18.2 Å². The Morgan fingerprint density at radius 2 is 2.14 bits per heavy atom. The number of carbonyl (C=O) groups is 2. The molecule has 0 saturated carbocycles. The molecule has 0 aliphatic heterocycles. The lowest BCUT2D eigenvalue weighted by Crippen LogP contribution is -2.13. The molecule has 0 bridgehead atoms. The van der Waals surface area contributed by atoms with Gasteiger partial charge in [0, 0.05) is 18.2 Å². The number of carboxylic acids is 1. The van der Waals surface area contributed by atoms with E-state index < -0.39 is 12.6 Å². The molecule has 6 nitrogen and oxygen atoms in total. The summed E-state index contributed by atoms with van der Waals surface area (Å²) in [4.78, 5) is 22.6. The standard InChI is InChI=1S/C15H15NO5/c1-2-13-12(6-7-20-13)15(19)16-10-4-3-5-11(8-10)21-9-14(17)18/h3-8H,2,9H2,1H3,(H,16,19)(H,17,18). The van der Waals surface area contributed by atoms with Crippen molar-refractivity contribution in [2.75, 3.05) is 11.9 Å². The second kappa shape index (κ2) is 6.60. The van der Waals surface area contributed by atoms with Gasteiger partial charge in [0.2, 0.25) is 0 Å². The van der Waals surface area contributed by atoms with E-state index in [1.165, 1.54) is 6.26 Å². The number of carboxylic acid groups (broad SMARTS) is 1. The molecule has 1 aromatic heterocycles. The van der Waals surface area contributed by atoms with Crippen LogP contribution in [0.15, 0.2) is 41.0 Å². The highest BCUT2D eigenvalue weighted by atomic mass is 16.5. The lowest BCUT2D eigenvalue weighted by molar-refractivity contribution is -0.139. The van der Waals surface area contributed by atoms with Crippen molar-refractivity contribution in [2.24, 2.45) is 0 Å². The van der Waals surface area contributed by atoms with Crippen molar-refractivity contribution < 1.29 is 23.8 Å². The number of hydrogen-bond acceptors (Lipinski definition) is 4. The lowest BCUT2D eigenvalue weighted by Gasteiger charge is -2.08. The van der Waals surface area contributed by atoms with Crippen LogP contribution in [-0.4, -0.2) is 23.6 Å². The quantitative estimate of drug-likeness (QED) is 0.853. The molecule has 0 radical (unpaired) electrons. The molecule has 0 spiro atoms. The molecular formula is C15H15NO5. The average molecular weight is 289 g/mol. The van der Waals surface area contributed by atoms with E-state index in [9.17, 15) is 9.59 Å². The maximum absolute atomic E-state index is 12.1. The van der Waals surface area contributed by atoms with Crippen LogP contribution in [-0.2, 0) is 11.2 Å². The predicted octanol–water partition coefficient (Wildman–Crippen LogP) is 2.56. The summed E-state index contributed by atoms with van der Waals surface area (Å²) < 4.78 is 10.3. The summed E-state index contributed by atoms with van der Waals surface area (Å²) in [7, 11) is 0. The van der Waals surface area contributed by atoms with Crippen molar-refractivity contribution in [1.29, 1.82) is 0 Å². The molecule has 1 amide bonds. The lowest BCUT2D eigenvalue weighted by atomic mass is 10.2. The first-order valence-electron chi connectivity index (χ1n) is 6.42. The van der Waals surface area contributed by atoms with Crippen LogP contribution in [0.4, 0.5) is 5.69 Å². The molecule has 0 aliphatic carbocycles. The number of aryl methyl sites for hydroxylation is 1.